The van der Waals surface area contributed by atoms with Gasteiger partial charge in [0.05, 0.1) is 10.5 Å². The number of anilines is 1. The minimum Gasteiger partial charge on any atom is -0.377 e. The van der Waals surface area contributed by atoms with Gasteiger partial charge in [-0.2, -0.15) is 0 Å². The lowest BCUT2D eigenvalue weighted by Gasteiger charge is -2.20. The molecule has 0 fully saturated rings. The van der Waals surface area contributed by atoms with Crippen molar-refractivity contribution in [1.29, 1.82) is 0 Å². The smallest absolute Gasteiger partial charge is 0.137 e. The van der Waals surface area contributed by atoms with E-state index in [2.05, 4.69) is 37.2 Å². The quantitative estimate of drug-likeness (QED) is 0.779. The Balaban J connectivity index is 2.28. The van der Waals surface area contributed by atoms with Gasteiger partial charge in [-0.15, -0.1) is 0 Å². The molecule has 0 amide bonds. The summed E-state index contributed by atoms with van der Waals surface area (Å²) in [5.74, 6) is -0.671. The van der Waals surface area contributed by atoms with Gasteiger partial charge < -0.3 is 11.1 Å². The molecular weight excluding hydrogens is 394 g/mol. The molecule has 0 radical (unpaired) electrons. The van der Waals surface area contributed by atoms with Crippen molar-refractivity contribution < 1.29 is 8.78 Å². The van der Waals surface area contributed by atoms with Crippen molar-refractivity contribution in [2.75, 3.05) is 11.9 Å². The van der Waals surface area contributed by atoms with Crippen LogP contribution < -0.4 is 11.1 Å². The molecule has 2 aromatic carbocycles. The van der Waals surface area contributed by atoms with Crippen LogP contribution in [0.4, 0.5) is 14.5 Å². The molecule has 106 valence electrons. The van der Waals surface area contributed by atoms with Crippen LogP contribution in [0.15, 0.2) is 45.3 Å². The maximum absolute atomic E-state index is 13.4. The molecule has 3 N–H and O–H groups in total. The lowest BCUT2D eigenvalue weighted by Crippen LogP contribution is -2.21. The molecule has 0 aromatic heterocycles. The van der Waals surface area contributed by atoms with Gasteiger partial charge in [-0.1, -0.05) is 15.9 Å². The topological polar surface area (TPSA) is 38.0 Å². The first-order chi connectivity index (χ1) is 9.51. The van der Waals surface area contributed by atoms with Crippen LogP contribution in [0.25, 0.3) is 0 Å². The lowest BCUT2D eigenvalue weighted by molar-refractivity contribution is 0.620. The molecule has 1 unspecified atom stereocenters. The summed E-state index contributed by atoms with van der Waals surface area (Å²) in [6.45, 7) is 0.275. The summed E-state index contributed by atoms with van der Waals surface area (Å²) < 4.78 is 27.7. The molecule has 0 saturated heterocycles. The van der Waals surface area contributed by atoms with Crippen molar-refractivity contribution in [1.82, 2.24) is 0 Å². The molecule has 6 heteroatoms. The van der Waals surface area contributed by atoms with E-state index < -0.39 is 0 Å². The molecule has 2 rings (SSSR count). The van der Waals surface area contributed by atoms with Crippen LogP contribution in [0.1, 0.15) is 11.6 Å². The van der Waals surface area contributed by atoms with Gasteiger partial charge >= 0.3 is 0 Å². The molecule has 0 bridgehead atoms. The molecule has 0 aliphatic heterocycles. The molecule has 0 spiro atoms. The number of nitrogens with one attached hydrogen (secondary N) is 1. The highest BCUT2D eigenvalue weighted by Gasteiger charge is 2.14. The second-order valence-corrected chi connectivity index (χ2v) is 5.94. The highest BCUT2D eigenvalue weighted by Crippen LogP contribution is 2.28. The van der Waals surface area contributed by atoms with E-state index in [1.165, 1.54) is 18.2 Å². The van der Waals surface area contributed by atoms with E-state index in [1.807, 2.05) is 0 Å². The zero-order valence-corrected chi connectivity index (χ0v) is 13.5. The van der Waals surface area contributed by atoms with Gasteiger partial charge in [0.15, 0.2) is 0 Å². The van der Waals surface area contributed by atoms with Gasteiger partial charge in [0.25, 0.3) is 0 Å². The molecule has 2 aromatic rings. The maximum Gasteiger partial charge on any atom is 0.137 e. The third-order valence-electron chi connectivity index (χ3n) is 2.83. The largest absolute Gasteiger partial charge is 0.377 e. The second kappa shape index (κ2) is 6.65. The number of hydrogen-bond acceptors (Lipinski definition) is 2. The fourth-order valence-corrected chi connectivity index (χ4v) is 2.73. The minimum absolute atomic E-state index is 0.275. The minimum atomic E-state index is -0.341. The Hall–Kier alpha value is -0.980. The van der Waals surface area contributed by atoms with Gasteiger partial charge in [0, 0.05) is 16.7 Å². The van der Waals surface area contributed by atoms with E-state index in [-0.39, 0.29) is 24.2 Å². The first-order valence-corrected chi connectivity index (χ1v) is 7.46. The Kier molecular flexibility index (Phi) is 5.12. The summed E-state index contributed by atoms with van der Waals surface area (Å²) in [6, 6.07) is 8.72. The maximum atomic E-state index is 13.4. The number of hydrogen-bond donors (Lipinski definition) is 2. The van der Waals surface area contributed by atoms with Crippen LogP contribution in [0.3, 0.4) is 0 Å². The average Bonchev–Trinajstić information content (AvgIpc) is 2.43. The van der Waals surface area contributed by atoms with E-state index >= 15 is 0 Å². The van der Waals surface area contributed by atoms with E-state index in [0.29, 0.717) is 15.7 Å². The van der Waals surface area contributed by atoms with Gasteiger partial charge in [0.2, 0.25) is 0 Å². The monoisotopic (exact) mass is 404 g/mol. The fourth-order valence-electron chi connectivity index (χ4n) is 1.83. The van der Waals surface area contributed by atoms with E-state index in [1.54, 1.807) is 18.2 Å². The summed E-state index contributed by atoms with van der Waals surface area (Å²) in [5, 5.41) is 3.16. The lowest BCUT2D eigenvalue weighted by atomic mass is 10.1. The molecule has 0 aliphatic carbocycles. The molecular formula is C14H12Br2F2N2. The normalized spacial score (nSPS) is 12.2. The van der Waals surface area contributed by atoms with Crippen LogP contribution in [-0.4, -0.2) is 6.54 Å². The Morgan fingerprint density at radius 1 is 1.05 bits per heavy atom. The predicted octanol–water partition coefficient (Wildman–Crippen LogP) is 4.60. The van der Waals surface area contributed by atoms with Gasteiger partial charge in [-0.3, -0.25) is 0 Å². The third-order valence-corrected chi connectivity index (χ3v) is 4.16. The van der Waals surface area contributed by atoms with Crippen molar-refractivity contribution in [3.8, 4) is 0 Å². The first kappa shape index (κ1) is 15.4. The molecule has 20 heavy (non-hydrogen) atoms. The van der Waals surface area contributed by atoms with Crippen molar-refractivity contribution >= 4 is 37.5 Å². The Bertz CT molecular complexity index is 620. The predicted molar refractivity (Wildman–Crippen MR) is 83.6 cm³/mol. The number of rotatable bonds is 4. The molecule has 2 nitrogen and oxygen atoms in total. The summed E-state index contributed by atoms with van der Waals surface area (Å²) in [6.07, 6.45) is 0. The summed E-state index contributed by atoms with van der Waals surface area (Å²) in [4.78, 5) is 0. The molecule has 1 atom stereocenters. The zero-order chi connectivity index (χ0) is 14.7. The summed E-state index contributed by atoms with van der Waals surface area (Å²) in [5.41, 5.74) is 7.16. The summed E-state index contributed by atoms with van der Waals surface area (Å²) >= 11 is 6.50. The standard InChI is InChI=1S/C14H12Br2F2N2/c15-11-3-1-8(17)5-10(11)14(7-19)20-9-2-4-13(18)12(16)6-9/h1-6,14,20H,7,19H2. The van der Waals surface area contributed by atoms with Gasteiger partial charge in [-0.05, 0) is 57.9 Å². The van der Waals surface area contributed by atoms with Crippen LogP contribution in [0, 0.1) is 11.6 Å². The zero-order valence-electron chi connectivity index (χ0n) is 10.3. The second-order valence-electron chi connectivity index (χ2n) is 4.23. The number of benzene rings is 2. The van der Waals surface area contributed by atoms with Crippen LogP contribution in [0.5, 0.6) is 0 Å². The van der Waals surface area contributed by atoms with Crippen molar-refractivity contribution in [3.63, 3.8) is 0 Å². The van der Waals surface area contributed by atoms with Crippen molar-refractivity contribution in [3.05, 3.63) is 62.5 Å². The Labute approximate surface area is 132 Å². The highest BCUT2D eigenvalue weighted by molar-refractivity contribution is 9.10. The van der Waals surface area contributed by atoms with Crippen LogP contribution >= 0.6 is 31.9 Å². The molecule has 0 saturated carbocycles. The van der Waals surface area contributed by atoms with Crippen LogP contribution in [-0.2, 0) is 0 Å². The van der Waals surface area contributed by atoms with Crippen LogP contribution in [0.2, 0.25) is 0 Å². The SMILES string of the molecule is NCC(Nc1ccc(F)c(Br)c1)c1cc(F)ccc1Br. The molecule has 0 aliphatic rings. The third kappa shape index (κ3) is 3.56. The average molecular weight is 406 g/mol. The molecule has 0 heterocycles. The Morgan fingerprint density at radius 2 is 1.80 bits per heavy atom. The van der Waals surface area contributed by atoms with Crippen molar-refractivity contribution in [2.45, 2.75) is 6.04 Å². The highest BCUT2D eigenvalue weighted by atomic mass is 79.9. The Morgan fingerprint density at radius 3 is 2.45 bits per heavy atom. The van der Waals surface area contributed by atoms with E-state index in [0.717, 1.165) is 4.47 Å². The van der Waals surface area contributed by atoms with E-state index in [4.69, 9.17) is 5.73 Å². The first-order valence-electron chi connectivity index (χ1n) is 5.88. The van der Waals surface area contributed by atoms with Crippen molar-refractivity contribution in [2.24, 2.45) is 5.73 Å². The van der Waals surface area contributed by atoms with E-state index in [9.17, 15) is 8.78 Å². The van der Waals surface area contributed by atoms with Gasteiger partial charge in [-0.25, -0.2) is 8.78 Å². The van der Waals surface area contributed by atoms with Gasteiger partial charge in [0.1, 0.15) is 11.6 Å². The summed E-state index contributed by atoms with van der Waals surface area (Å²) in [7, 11) is 0. The number of nitrogens with two attached hydrogens (primary N) is 1. The number of halogens is 4. The fraction of sp³-hybridized carbons (Fsp3) is 0.143.